The van der Waals surface area contributed by atoms with Crippen LogP contribution in [-0.2, 0) is 0 Å². The summed E-state index contributed by atoms with van der Waals surface area (Å²) in [5.74, 6) is 0. The van der Waals surface area contributed by atoms with Gasteiger partial charge in [0, 0.05) is 24.0 Å². The Bertz CT molecular complexity index is 828. The molecular weight excluding hydrogens is 304 g/mol. The van der Waals surface area contributed by atoms with E-state index in [0.29, 0.717) is 0 Å². The third-order valence-electron chi connectivity index (χ3n) is 4.92. The van der Waals surface area contributed by atoms with Gasteiger partial charge in [0.25, 0.3) is 0 Å². The van der Waals surface area contributed by atoms with E-state index >= 15 is 0 Å². The monoisotopic (exact) mass is 332 g/mol. The van der Waals surface area contributed by atoms with E-state index in [1.807, 2.05) is 18.3 Å². The molecule has 1 heterocycles. The highest BCUT2D eigenvalue weighted by Gasteiger charge is 2.30. The highest BCUT2D eigenvalue weighted by Crippen LogP contribution is 2.39. The Morgan fingerprint density at radius 1 is 1.08 bits per heavy atom. The van der Waals surface area contributed by atoms with Crippen LogP contribution in [0.15, 0.2) is 53.5 Å². The van der Waals surface area contributed by atoms with Crippen molar-refractivity contribution in [3.63, 3.8) is 0 Å². The lowest BCUT2D eigenvalue weighted by molar-refractivity contribution is 0.550. The third-order valence-corrected chi connectivity index (χ3v) is 4.92. The number of hydrogen-bond donors (Lipinski definition) is 0. The van der Waals surface area contributed by atoms with Gasteiger partial charge < -0.3 is 4.90 Å². The summed E-state index contributed by atoms with van der Waals surface area (Å²) >= 11 is 0. The Kier molecular flexibility index (Phi) is 4.80. The van der Waals surface area contributed by atoms with Crippen LogP contribution in [0.3, 0.4) is 0 Å². The summed E-state index contributed by atoms with van der Waals surface area (Å²) in [6.45, 7) is 12.2. The number of hydrogen-bond acceptors (Lipinski definition) is 2. The zero-order valence-electron chi connectivity index (χ0n) is 16.0. The fourth-order valence-corrected chi connectivity index (χ4v) is 3.67. The lowest BCUT2D eigenvalue weighted by atomic mass is 9.88. The van der Waals surface area contributed by atoms with Gasteiger partial charge in [0.1, 0.15) is 0 Å². The van der Waals surface area contributed by atoms with E-state index in [9.17, 15) is 0 Å². The molecule has 2 heteroatoms. The van der Waals surface area contributed by atoms with Gasteiger partial charge in [0.15, 0.2) is 0 Å². The van der Waals surface area contributed by atoms with Crippen LogP contribution in [0.2, 0.25) is 0 Å². The minimum absolute atomic E-state index is 0.0594. The predicted octanol–water partition coefficient (Wildman–Crippen LogP) is 6.16. The number of anilines is 1. The summed E-state index contributed by atoms with van der Waals surface area (Å²) in [6.07, 6.45) is 5.50. The zero-order valence-corrected chi connectivity index (χ0v) is 16.0. The molecule has 130 valence electrons. The molecule has 1 aliphatic rings. The number of aryl methyl sites for hydroxylation is 1. The standard InChI is InChI=1S/C23H28N2/c1-6-13-25-22-12-11-19(14-20(22)18(3)15-23(25,4)5)16-24-21-10-8-7-9-17(21)2/h7-12,14-16H,6,13H2,1-5H3. The molecule has 0 radical (unpaired) electrons. The molecule has 0 saturated carbocycles. The molecule has 2 aromatic carbocycles. The van der Waals surface area contributed by atoms with E-state index in [1.165, 1.54) is 22.4 Å². The smallest absolute Gasteiger partial charge is 0.0659 e. The maximum Gasteiger partial charge on any atom is 0.0659 e. The average Bonchev–Trinajstić information content (AvgIpc) is 2.57. The van der Waals surface area contributed by atoms with Crippen molar-refractivity contribution in [2.24, 2.45) is 4.99 Å². The molecule has 2 aromatic rings. The highest BCUT2D eigenvalue weighted by molar-refractivity contribution is 5.88. The molecule has 0 bridgehead atoms. The largest absolute Gasteiger partial charge is 0.362 e. The van der Waals surface area contributed by atoms with Crippen LogP contribution in [0.1, 0.15) is 50.8 Å². The quantitative estimate of drug-likeness (QED) is 0.612. The third kappa shape index (κ3) is 3.53. The molecule has 0 amide bonds. The summed E-state index contributed by atoms with van der Waals surface area (Å²) in [5.41, 5.74) is 7.43. The Hall–Kier alpha value is -2.35. The molecule has 2 nitrogen and oxygen atoms in total. The molecule has 0 fully saturated rings. The van der Waals surface area contributed by atoms with E-state index in [2.05, 4.69) is 80.9 Å². The number of rotatable bonds is 4. The molecule has 0 atom stereocenters. The number of allylic oxidation sites excluding steroid dienone is 1. The van der Waals surface area contributed by atoms with Gasteiger partial charge in [0.05, 0.1) is 11.2 Å². The second kappa shape index (κ2) is 6.87. The number of benzene rings is 2. The van der Waals surface area contributed by atoms with Crippen LogP contribution in [0.4, 0.5) is 11.4 Å². The van der Waals surface area contributed by atoms with Gasteiger partial charge in [-0.3, -0.25) is 4.99 Å². The lowest BCUT2D eigenvalue weighted by Crippen LogP contribution is -2.45. The van der Waals surface area contributed by atoms with Crippen molar-refractivity contribution < 1.29 is 0 Å². The molecule has 0 unspecified atom stereocenters. The van der Waals surface area contributed by atoms with Crippen LogP contribution < -0.4 is 4.90 Å². The first-order chi connectivity index (χ1) is 11.9. The van der Waals surface area contributed by atoms with Gasteiger partial charge >= 0.3 is 0 Å². The maximum absolute atomic E-state index is 4.68. The summed E-state index contributed by atoms with van der Waals surface area (Å²) in [4.78, 5) is 7.19. The van der Waals surface area contributed by atoms with Crippen molar-refractivity contribution in [1.82, 2.24) is 0 Å². The molecule has 0 N–H and O–H groups in total. The first kappa shape index (κ1) is 17.5. The molecule has 0 aliphatic carbocycles. The summed E-state index contributed by atoms with van der Waals surface area (Å²) < 4.78 is 0. The van der Waals surface area contributed by atoms with Gasteiger partial charge in [0.2, 0.25) is 0 Å². The van der Waals surface area contributed by atoms with Gasteiger partial charge in [-0.15, -0.1) is 0 Å². The normalized spacial score (nSPS) is 16.0. The first-order valence-electron chi connectivity index (χ1n) is 9.13. The van der Waals surface area contributed by atoms with Crippen LogP contribution in [0.5, 0.6) is 0 Å². The summed E-state index contributed by atoms with van der Waals surface area (Å²) in [6, 6.07) is 14.9. The molecule has 1 aliphatic heterocycles. The van der Waals surface area contributed by atoms with Crippen molar-refractivity contribution in [2.75, 3.05) is 11.4 Å². The number of nitrogens with zero attached hydrogens (tertiary/aromatic N) is 2. The number of para-hydroxylation sites is 1. The van der Waals surface area contributed by atoms with E-state index in [0.717, 1.165) is 24.2 Å². The molecule has 3 rings (SSSR count). The fraction of sp³-hybridized carbons (Fsp3) is 0.348. The van der Waals surface area contributed by atoms with Crippen LogP contribution in [0.25, 0.3) is 5.57 Å². The van der Waals surface area contributed by atoms with Crippen LogP contribution in [0, 0.1) is 6.92 Å². The van der Waals surface area contributed by atoms with E-state index in [-0.39, 0.29) is 5.54 Å². The van der Waals surface area contributed by atoms with Crippen molar-refractivity contribution in [3.8, 4) is 0 Å². The van der Waals surface area contributed by atoms with Crippen molar-refractivity contribution in [3.05, 3.63) is 65.2 Å². The number of aliphatic imine (C=N–C) groups is 1. The topological polar surface area (TPSA) is 15.6 Å². The summed E-state index contributed by atoms with van der Waals surface area (Å²) in [7, 11) is 0. The molecule has 0 saturated heterocycles. The van der Waals surface area contributed by atoms with Crippen molar-refractivity contribution in [1.29, 1.82) is 0 Å². The second-order valence-electron chi connectivity index (χ2n) is 7.45. The predicted molar refractivity (Wildman–Crippen MR) is 110 cm³/mol. The fourth-order valence-electron chi connectivity index (χ4n) is 3.67. The second-order valence-corrected chi connectivity index (χ2v) is 7.45. The van der Waals surface area contributed by atoms with E-state index in [1.54, 1.807) is 0 Å². The minimum Gasteiger partial charge on any atom is -0.362 e. The Morgan fingerprint density at radius 2 is 1.84 bits per heavy atom. The summed E-state index contributed by atoms with van der Waals surface area (Å²) in [5, 5.41) is 0. The lowest BCUT2D eigenvalue weighted by Gasteiger charge is -2.43. The maximum atomic E-state index is 4.68. The van der Waals surface area contributed by atoms with Gasteiger partial charge in [-0.05, 0) is 69.0 Å². The Balaban J connectivity index is 1.97. The minimum atomic E-state index is 0.0594. The van der Waals surface area contributed by atoms with Crippen molar-refractivity contribution >= 4 is 23.2 Å². The van der Waals surface area contributed by atoms with E-state index < -0.39 is 0 Å². The van der Waals surface area contributed by atoms with Gasteiger partial charge in [-0.25, -0.2) is 0 Å². The number of fused-ring (bicyclic) bond motifs is 1. The molecule has 25 heavy (non-hydrogen) atoms. The molecule has 0 aromatic heterocycles. The molecular formula is C23H28N2. The van der Waals surface area contributed by atoms with Gasteiger partial charge in [-0.1, -0.05) is 37.3 Å². The SMILES string of the molecule is CCCN1c2ccc(C=Nc3ccccc3C)cc2C(C)=CC1(C)C. The van der Waals surface area contributed by atoms with Crippen LogP contribution in [-0.4, -0.2) is 18.3 Å². The Labute approximate surface area is 151 Å². The van der Waals surface area contributed by atoms with Crippen LogP contribution >= 0.6 is 0 Å². The van der Waals surface area contributed by atoms with Crippen molar-refractivity contribution in [2.45, 2.75) is 46.6 Å². The Morgan fingerprint density at radius 3 is 2.56 bits per heavy atom. The first-order valence-corrected chi connectivity index (χ1v) is 9.13. The average molecular weight is 332 g/mol. The zero-order chi connectivity index (χ0) is 18.0. The van der Waals surface area contributed by atoms with Gasteiger partial charge in [-0.2, -0.15) is 0 Å². The molecule has 0 spiro atoms. The highest BCUT2D eigenvalue weighted by atomic mass is 15.2. The van der Waals surface area contributed by atoms with E-state index in [4.69, 9.17) is 0 Å².